The Morgan fingerprint density at radius 1 is 1.25 bits per heavy atom. The Balaban J connectivity index is 1.88. The number of rotatable bonds is 4. The van der Waals surface area contributed by atoms with Gasteiger partial charge < -0.3 is 5.32 Å². The van der Waals surface area contributed by atoms with Crippen LogP contribution < -0.4 is 5.32 Å². The first-order valence-corrected chi connectivity index (χ1v) is 7.21. The lowest BCUT2D eigenvalue weighted by Gasteiger charge is -2.20. The van der Waals surface area contributed by atoms with Crippen LogP contribution in [0.2, 0.25) is 0 Å². The zero-order valence-corrected chi connectivity index (χ0v) is 12.8. The van der Waals surface area contributed by atoms with Gasteiger partial charge in [-0.15, -0.1) is 0 Å². The molecule has 1 N–H and O–H groups in total. The predicted molar refractivity (Wildman–Crippen MR) is 83.8 cm³/mol. The maximum atomic E-state index is 12.7. The van der Waals surface area contributed by atoms with Gasteiger partial charge in [0.2, 0.25) is 0 Å². The van der Waals surface area contributed by atoms with E-state index in [-0.39, 0.29) is 12.2 Å². The number of nitrogens with one attached hydrogen (secondary N) is 1. The molecule has 0 bridgehead atoms. The van der Waals surface area contributed by atoms with E-state index in [0.29, 0.717) is 11.3 Å². The van der Waals surface area contributed by atoms with E-state index in [1.54, 1.807) is 37.4 Å². The number of imide groups is 1. The van der Waals surface area contributed by atoms with Crippen LogP contribution in [0.15, 0.2) is 48.7 Å². The van der Waals surface area contributed by atoms with Gasteiger partial charge in [0, 0.05) is 18.3 Å². The molecule has 2 aromatic rings. The molecule has 24 heavy (non-hydrogen) atoms. The van der Waals surface area contributed by atoms with E-state index in [1.165, 1.54) is 18.2 Å². The lowest BCUT2D eigenvalue weighted by molar-refractivity contribution is -0.384. The van der Waals surface area contributed by atoms with E-state index in [1.807, 2.05) is 0 Å². The van der Waals surface area contributed by atoms with Crippen molar-refractivity contribution in [2.75, 3.05) is 0 Å². The number of hydrogen-bond donors (Lipinski definition) is 1. The van der Waals surface area contributed by atoms with E-state index in [2.05, 4.69) is 10.3 Å². The van der Waals surface area contributed by atoms with Gasteiger partial charge in [0.25, 0.3) is 11.6 Å². The number of urea groups is 1. The van der Waals surface area contributed by atoms with Crippen molar-refractivity contribution in [1.29, 1.82) is 0 Å². The Bertz CT molecular complexity index is 824. The van der Waals surface area contributed by atoms with E-state index in [9.17, 15) is 19.7 Å². The van der Waals surface area contributed by atoms with Crippen molar-refractivity contribution in [3.8, 4) is 0 Å². The molecule has 3 rings (SSSR count). The molecule has 1 saturated heterocycles. The third-order valence-electron chi connectivity index (χ3n) is 3.91. The van der Waals surface area contributed by atoms with Crippen LogP contribution in [0.25, 0.3) is 0 Å². The van der Waals surface area contributed by atoms with Crippen LogP contribution in [0.1, 0.15) is 18.2 Å². The molecule has 122 valence electrons. The lowest BCUT2D eigenvalue weighted by atomic mass is 9.97. The summed E-state index contributed by atoms with van der Waals surface area (Å²) in [5, 5.41) is 13.5. The molecule has 0 unspecified atom stereocenters. The van der Waals surface area contributed by atoms with Gasteiger partial charge in [-0.25, -0.2) is 4.79 Å². The highest BCUT2D eigenvalue weighted by Gasteiger charge is 2.49. The Kier molecular flexibility index (Phi) is 3.72. The second-order valence-electron chi connectivity index (χ2n) is 5.59. The fourth-order valence-corrected chi connectivity index (χ4v) is 2.62. The number of carbonyl (C=O) groups excluding carboxylic acids is 2. The molecular weight excluding hydrogens is 312 g/mol. The number of nitro groups is 1. The molecule has 0 saturated carbocycles. The van der Waals surface area contributed by atoms with Crippen molar-refractivity contribution in [3.05, 3.63) is 70.0 Å². The van der Waals surface area contributed by atoms with Crippen LogP contribution in [-0.2, 0) is 16.9 Å². The van der Waals surface area contributed by atoms with Crippen LogP contribution in [-0.4, -0.2) is 26.7 Å². The highest BCUT2D eigenvalue weighted by molar-refractivity contribution is 6.06. The monoisotopic (exact) mass is 326 g/mol. The minimum Gasteiger partial charge on any atom is -0.318 e. The quantitative estimate of drug-likeness (QED) is 0.525. The van der Waals surface area contributed by atoms with Crippen LogP contribution >= 0.6 is 0 Å². The summed E-state index contributed by atoms with van der Waals surface area (Å²) < 4.78 is 0. The average molecular weight is 326 g/mol. The minimum absolute atomic E-state index is 0.0469. The molecule has 8 nitrogen and oxygen atoms in total. The second-order valence-corrected chi connectivity index (χ2v) is 5.59. The summed E-state index contributed by atoms with van der Waals surface area (Å²) in [6.07, 6.45) is 1.54. The first-order valence-electron chi connectivity index (χ1n) is 7.21. The maximum absolute atomic E-state index is 12.7. The number of hydrogen-bond acceptors (Lipinski definition) is 5. The van der Waals surface area contributed by atoms with E-state index >= 15 is 0 Å². The summed E-state index contributed by atoms with van der Waals surface area (Å²) in [6.45, 7) is 1.54. The zero-order chi connectivity index (χ0) is 17.3. The molecular formula is C16H14N4O4. The van der Waals surface area contributed by atoms with Crippen molar-refractivity contribution in [3.63, 3.8) is 0 Å². The number of nitro benzene ring substituents is 1. The van der Waals surface area contributed by atoms with Crippen LogP contribution in [0, 0.1) is 10.1 Å². The first kappa shape index (κ1) is 15.6. The smallest absolute Gasteiger partial charge is 0.318 e. The number of nitrogens with zero attached hydrogens (tertiary/aromatic N) is 3. The Hall–Kier alpha value is -3.29. The fourth-order valence-electron chi connectivity index (χ4n) is 2.62. The van der Waals surface area contributed by atoms with E-state index < -0.39 is 22.4 Å². The molecule has 3 amide bonds. The van der Waals surface area contributed by atoms with Gasteiger partial charge in [-0.2, -0.15) is 0 Å². The Labute approximate surface area is 137 Å². The van der Waals surface area contributed by atoms with Crippen molar-refractivity contribution in [1.82, 2.24) is 15.2 Å². The number of carbonyl (C=O) groups is 2. The molecule has 2 heterocycles. The summed E-state index contributed by atoms with van der Waals surface area (Å²) in [4.78, 5) is 40.5. The summed E-state index contributed by atoms with van der Waals surface area (Å²) in [7, 11) is 0. The number of pyridine rings is 1. The summed E-state index contributed by atoms with van der Waals surface area (Å²) in [5.74, 6) is -0.447. The van der Waals surface area contributed by atoms with Gasteiger partial charge in [0.05, 0.1) is 17.2 Å². The third-order valence-corrected chi connectivity index (χ3v) is 3.91. The van der Waals surface area contributed by atoms with Gasteiger partial charge in [0.1, 0.15) is 0 Å². The lowest BCUT2D eigenvalue weighted by Crippen LogP contribution is -2.41. The van der Waals surface area contributed by atoms with Gasteiger partial charge in [0.15, 0.2) is 5.54 Å². The molecule has 1 fully saturated rings. The van der Waals surface area contributed by atoms with Gasteiger partial charge in [-0.3, -0.25) is 24.8 Å². The molecule has 1 atom stereocenters. The average Bonchev–Trinajstić information content (AvgIpc) is 2.80. The largest absolute Gasteiger partial charge is 0.325 e. The molecule has 1 aromatic carbocycles. The van der Waals surface area contributed by atoms with Gasteiger partial charge >= 0.3 is 6.03 Å². The molecule has 1 aliphatic rings. The third kappa shape index (κ3) is 2.58. The number of amides is 3. The second kappa shape index (κ2) is 5.73. The molecule has 1 aliphatic heterocycles. The molecule has 8 heteroatoms. The molecule has 0 spiro atoms. The van der Waals surface area contributed by atoms with Crippen LogP contribution in [0.3, 0.4) is 0 Å². The highest BCUT2D eigenvalue weighted by atomic mass is 16.6. The Morgan fingerprint density at radius 2 is 2.04 bits per heavy atom. The van der Waals surface area contributed by atoms with Crippen molar-refractivity contribution < 1.29 is 14.5 Å². The molecule has 0 radical (unpaired) electrons. The first-order chi connectivity index (χ1) is 11.4. The van der Waals surface area contributed by atoms with E-state index in [0.717, 1.165) is 4.90 Å². The molecule has 0 aliphatic carbocycles. The van der Waals surface area contributed by atoms with Crippen LogP contribution in [0.5, 0.6) is 0 Å². The summed E-state index contributed by atoms with van der Waals surface area (Å²) in [5.41, 5.74) is -0.408. The summed E-state index contributed by atoms with van der Waals surface area (Å²) >= 11 is 0. The standard InChI is InChI=1S/C16H14N4O4/c1-16(13-7-2-3-8-17-13)14(21)19(15(22)18-16)10-11-5-4-6-12(9-11)20(23)24/h2-9H,10H2,1H3,(H,18,22)/t16-/m1/s1. The molecule has 1 aromatic heterocycles. The SMILES string of the molecule is C[C@]1(c2ccccn2)NC(=O)N(Cc2cccc([N+](=O)[O-])c2)C1=O. The minimum atomic E-state index is -1.25. The number of aromatic nitrogens is 1. The van der Waals surface area contributed by atoms with Crippen molar-refractivity contribution in [2.24, 2.45) is 0 Å². The van der Waals surface area contributed by atoms with Crippen LogP contribution in [0.4, 0.5) is 10.5 Å². The normalized spacial score (nSPS) is 20.1. The highest BCUT2D eigenvalue weighted by Crippen LogP contribution is 2.28. The van der Waals surface area contributed by atoms with Crippen molar-refractivity contribution in [2.45, 2.75) is 19.0 Å². The predicted octanol–water partition coefficient (Wildman–Crippen LogP) is 1.96. The van der Waals surface area contributed by atoms with Gasteiger partial charge in [-0.1, -0.05) is 18.2 Å². The fraction of sp³-hybridized carbons (Fsp3) is 0.188. The van der Waals surface area contributed by atoms with Gasteiger partial charge in [-0.05, 0) is 24.6 Å². The number of non-ortho nitro benzene ring substituents is 1. The summed E-state index contributed by atoms with van der Waals surface area (Å²) in [6, 6.07) is 10.4. The van der Waals surface area contributed by atoms with E-state index in [4.69, 9.17) is 0 Å². The zero-order valence-electron chi connectivity index (χ0n) is 12.8. The maximum Gasteiger partial charge on any atom is 0.325 e. The number of benzene rings is 1. The van der Waals surface area contributed by atoms with Crippen molar-refractivity contribution >= 4 is 17.6 Å². The Morgan fingerprint density at radius 3 is 2.71 bits per heavy atom. The topological polar surface area (TPSA) is 105 Å².